The lowest BCUT2D eigenvalue weighted by atomic mass is 10.0. The van der Waals surface area contributed by atoms with Crippen LogP contribution in [-0.4, -0.2) is 10.9 Å². The maximum absolute atomic E-state index is 12.2. The quantitative estimate of drug-likeness (QED) is 0.777. The second-order valence-corrected chi connectivity index (χ2v) is 5.80. The van der Waals surface area contributed by atoms with E-state index in [4.69, 9.17) is 4.42 Å². The number of H-pyrrole nitrogens is 1. The fraction of sp³-hybridized carbons (Fsp3) is 0.222. The van der Waals surface area contributed by atoms with Crippen molar-refractivity contribution in [3.63, 3.8) is 0 Å². The summed E-state index contributed by atoms with van der Waals surface area (Å²) in [6.07, 6.45) is 0. The van der Waals surface area contributed by atoms with Gasteiger partial charge < -0.3 is 9.73 Å². The monoisotopic (exact) mass is 310 g/mol. The zero-order valence-electron chi connectivity index (χ0n) is 13.1. The van der Waals surface area contributed by atoms with Crippen molar-refractivity contribution < 1.29 is 9.21 Å². The normalized spacial score (nSPS) is 11.1. The predicted octanol–water partition coefficient (Wildman–Crippen LogP) is 3.17. The lowest BCUT2D eigenvalue weighted by Gasteiger charge is -2.08. The van der Waals surface area contributed by atoms with Crippen LogP contribution in [0.25, 0.3) is 11.1 Å². The summed E-state index contributed by atoms with van der Waals surface area (Å²) in [5.41, 5.74) is 3.86. The van der Waals surface area contributed by atoms with Crippen LogP contribution in [0.3, 0.4) is 0 Å². The molecular weight excluding hydrogens is 292 g/mol. The molecule has 0 unspecified atom stereocenters. The van der Waals surface area contributed by atoms with Gasteiger partial charge in [-0.15, -0.1) is 0 Å². The standard InChI is InChI=1S/C18H18N2O3/c1-11(2)13-4-6-14(7-5-13)17(21)19-10-12-3-8-16-15(9-12)20-18(22)23-16/h3-9,11H,10H2,1-2H3,(H,19,21)(H,20,22). The lowest BCUT2D eigenvalue weighted by molar-refractivity contribution is 0.0951. The number of rotatable bonds is 4. The smallest absolute Gasteiger partial charge is 0.408 e. The largest absolute Gasteiger partial charge is 0.417 e. The Balaban J connectivity index is 1.68. The highest BCUT2D eigenvalue weighted by atomic mass is 16.4. The van der Waals surface area contributed by atoms with Crippen LogP contribution >= 0.6 is 0 Å². The third-order valence-corrected chi connectivity index (χ3v) is 3.78. The number of hydrogen-bond acceptors (Lipinski definition) is 3. The van der Waals surface area contributed by atoms with Gasteiger partial charge in [0.2, 0.25) is 0 Å². The highest BCUT2D eigenvalue weighted by Crippen LogP contribution is 2.15. The zero-order chi connectivity index (χ0) is 16.4. The van der Waals surface area contributed by atoms with Gasteiger partial charge in [-0.1, -0.05) is 32.0 Å². The molecule has 2 N–H and O–H groups in total. The minimum atomic E-state index is -0.480. The number of hydrogen-bond donors (Lipinski definition) is 2. The first-order valence-corrected chi connectivity index (χ1v) is 7.53. The lowest BCUT2D eigenvalue weighted by Crippen LogP contribution is -2.22. The van der Waals surface area contributed by atoms with Crippen LogP contribution in [0, 0.1) is 0 Å². The van der Waals surface area contributed by atoms with E-state index in [0.717, 1.165) is 5.56 Å². The van der Waals surface area contributed by atoms with Crippen molar-refractivity contribution in [3.05, 3.63) is 69.7 Å². The fourth-order valence-electron chi connectivity index (χ4n) is 2.41. The third kappa shape index (κ3) is 3.34. The van der Waals surface area contributed by atoms with E-state index in [9.17, 15) is 9.59 Å². The van der Waals surface area contributed by atoms with Crippen LogP contribution in [0.4, 0.5) is 0 Å². The van der Waals surface area contributed by atoms with Gasteiger partial charge in [-0.25, -0.2) is 4.79 Å². The summed E-state index contributed by atoms with van der Waals surface area (Å²) in [6.45, 7) is 4.62. The minimum absolute atomic E-state index is 0.124. The summed E-state index contributed by atoms with van der Waals surface area (Å²) in [5, 5.41) is 2.87. The topological polar surface area (TPSA) is 75.1 Å². The van der Waals surface area contributed by atoms with Crippen molar-refractivity contribution in [1.29, 1.82) is 0 Å². The van der Waals surface area contributed by atoms with Crippen LogP contribution < -0.4 is 11.1 Å². The molecule has 0 fully saturated rings. The molecule has 0 atom stereocenters. The number of benzene rings is 2. The third-order valence-electron chi connectivity index (χ3n) is 3.78. The Bertz CT molecular complexity index is 889. The molecule has 2 aromatic carbocycles. The highest BCUT2D eigenvalue weighted by Gasteiger charge is 2.07. The summed E-state index contributed by atoms with van der Waals surface area (Å²) in [4.78, 5) is 25.9. The molecule has 3 aromatic rings. The Morgan fingerprint density at radius 3 is 2.61 bits per heavy atom. The van der Waals surface area contributed by atoms with Gasteiger partial charge in [0.05, 0.1) is 5.52 Å². The van der Waals surface area contributed by atoms with Crippen molar-refractivity contribution in [3.8, 4) is 0 Å². The van der Waals surface area contributed by atoms with Gasteiger partial charge in [0.25, 0.3) is 5.91 Å². The second-order valence-electron chi connectivity index (χ2n) is 5.80. The molecule has 0 spiro atoms. The molecule has 1 aromatic heterocycles. The molecule has 0 saturated carbocycles. The predicted molar refractivity (Wildman–Crippen MR) is 88.5 cm³/mol. The Kier molecular flexibility index (Phi) is 4.02. The van der Waals surface area contributed by atoms with Gasteiger partial charge in [0, 0.05) is 12.1 Å². The molecule has 1 heterocycles. The molecule has 0 saturated heterocycles. The van der Waals surface area contributed by atoms with Gasteiger partial charge in [0.15, 0.2) is 5.58 Å². The molecule has 5 heteroatoms. The first-order chi connectivity index (χ1) is 11.0. The number of oxazole rings is 1. The molecule has 0 aliphatic heterocycles. The molecule has 0 bridgehead atoms. The number of carbonyl (C=O) groups is 1. The Morgan fingerprint density at radius 2 is 1.91 bits per heavy atom. The molecule has 3 rings (SSSR count). The Morgan fingerprint density at radius 1 is 1.17 bits per heavy atom. The maximum atomic E-state index is 12.2. The van der Waals surface area contributed by atoms with E-state index < -0.39 is 5.76 Å². The molecule has 0 aliphatic rings. The summed E-state index contributed by atoms with van der Waals surface area (Å²) in [5.74, 6) is -0.163. The Labute approximate surface area is 133 Å². The van der Waals surface area contributed by atoms with Gasteiger partial charge in [0.1, 0.15) is 0 Å². The van der Waals surface area contributed by atoms with E-state index in [1.54, 1.807) is 12.1 Å². The van der Waals surface area contributed by atoms with E-state index in [1.807, 2.05) is 30.3 Å². The van der Waals surface area contributed by atoms with Crippen molar-refractivity contribution in [2.45, 2.75) is 26.3 Å². The van der Waals surface area contributed by atoms with Gasteiger partial charge in [-0.2, -0.15) is 0 Å². The molecule has 5 nitrogen and oxygen atoms in total. The second kappa shape index (κ2) is 6.12. The molecule has 118 valence electrons. The summed E-state index contributed by atoms with van der Waals surface area (Å²) in [6, 6.07) is 12.9. The maximum Gasteiger partial charge on any atom is 0.417 e. The van der Waals surface area contributed by atoms with E-state index in [-0.39, 0.29) is 5.91 Å². The van der Waals surface area contributed by atoms with E-state index in [0.29, 0.717) is 29.1 Å². The number of nitrogens with one attached hydrogen (secondary N) is 2. The number of amides is 1. The zero-order valence-corrected chi connectivity index (χ0v) is 13.1. The summed E-state index contributed by atoms with van der Waals surface area (Å²) >= 11 is 0. The van der Waals surface area contributed by atoms with E-state index in [2.05, 4.69) is 24.1 Å². The van der Waals surface area contributed by atoms with Crippen molar-refractivity contribution in [2.24, 2.45) is 0 Å². The molecule has 1 amide bonds. The van der Waals surface area contributed by atoms with E-state index >= 15 is 0 Å². The summed E-state index contributed by atoms with van der Waals surface area (Å²) < 4.78 is 4.95. The van der Waals surface area contributed by atoms with Crippen LogP contribution in [0.15, 0.2) is 51.7 Å². The van der Waals surface area contributed by atoms with Crippen molar-refractivity contribution in [2.75, 3.05) is 0 Å². The van der Waals surface area contributed by atoms with Crippen molar-refractivity contribution >= 4 is 17.0 Å². The minimum Gasteiger partial charge on any atom is -0.408 e. The number of carbonyl (C=O) groups excluding carboxylic acids is 1. The molecule has 0 aliphatic carbocycles. The van der Waals surface area contributed by atoms with Crippen LogP contribution in [0.2, 0.25) is 0 Å². The number of fused-ring (bicyclic) bond motifs is 1. The number of aromatic amines is 1. The van der Waals surface area contributed by atoms with Crippen molar-refractivity contribution in [1.82, 2.24) is 10.3 Å². The molecular formula is C18H18N2O3. The Hall–Kier alpha value is -2.82. The number of aromatic nitrogens is 1. The van der Waals surface area contributed by atoms with Gasteiger partial charge in [-0.3, -0.25) is 9.78 Å². The van der Waals surface area contributed by atoms with E-state index in [1.165, 1.54) is 5.56 Å². The average Bonchev–Trinajstić information content (AvgIpc) is 2.92. The first-order valence-electron chi connectivity index (χ1n) is 7.53. The van der Waals surface area contributed by atoms with Gasteiger partial charge >= 0.3 is 5.76 Å². The molecule has 23 heavy (non-hydrogen) atoms. The SMILES string of the molecule is CC(C)c1ccc(C(=O)NCc2ccc3oc(=O)[nH]c3c2)cc1. The van der Waals surface area contributed by atoms with Gasteiger partial charge in [-0.05, 0) is 41.3 Å². The average molecular weight is 310 g/mol. The van der Waals surface area contributed by atoms with Crippen LogP contribution in [-0.2, 0) is 6.54 Å². The molecule has 0 radical (unpaired) electrons. The van der Waals surface area contributed by atoms with Crippen LogP contribution in [0.1, 0.15) is 41.3 Å². The first kappa shape index (κ1) is 15.1. The van der Waals surface area contributed by atoms with Crippen LogP contribution in [0.5, 0.6) is 0 Å². The highest BCUT2D eigenvalue weighted by molar-refractivity contribution is 5.94. The summed E-state index contributed by atoms with van der Waals surface area (Å²) in [7, 11) is 0. The fourth-order valence-corrected chi connectivity index (χ4v) is 2.41.